The molecule has 194 valence electrons. The molecule has 0 spiro atoms. The standard InChI is InChI=1S/C30H28N2O2S4/c33-27(29-13-7-17-35-29)21-25(23-9-3-1-4-10-23)31-15-19-37-38-20-16-32-26(24-11-5-2-6-12-24)22-28(34)30-14-8-18-36-30/h1-14,17-18,21-22,31-32H,15-16,19-20H2. The smallest absolute Gasteiger partial charge is 0.197 e. The van der Waals surface area contributed by atoms with Crippen LogP contribution in [0.2, 0.25) is 0 Å². The summed E-state index contributed by atoms with van der Waals surface area (Å²) in [5.74, 6) is 1.80. The van der Waals surface area contributed by atoms with Crippen LogP contribution in [0.1, 0.15) is 30.5 Å². The molecule has 38 heavy (non-hydrogen) atoms. The molecule has 0 amide bonds. The first-order valence-corrected chi connectivity index (χ1v) is 16.4. The summed E-state index contributed by atoms with van der Waals surface area (Å²) in [4.78, 5) is 26.8. The molecule has 0 saturated heterocycles. The number of rotatable bonds is 15. The number of ketones is 2. The van der Waals surface area contributed by atoms with Crippen LogP contribution in [-0.4, -0.2) is 36.2 Å². The monoisotopic (exact) mass is 576 g/mol. The first-order chi connectivity index (χ1) is 18.7. The van der Waals surface area contributed by atoms with E-state index in [9.17, 15) is 9.59 Å². The van der Waals surface area contributed by atoms with Gasteiger partial charge < -0.3 is 10.6 Å². The van der Waals surface area contributed by atoms with Gasteiger partial charge in [0.2, 0.25) is 0 Å². The van der Waals surface area contributed by atoms with E-state index in [0.29, 0.717) is 0 Å². The van der Waals surface area contributed by atoms with Crippen LogP contribution in [0.25, 0.3) is 11.4 Å². The molecule has 0 fully saturated rings. The largest absolute Gasteiger partial charge is 0.384 e. The highest BCUT2D eigenvalue weighted by Gasteiger charge is 2.09. The van der Waals surface area contributed by atoms with Gasteiger partial charge in [0.25, 0.3) is 0 Å². The number of benzene rings is 2. The summed E-state index contributed by atoms with van der Waals surface area (Å²) in [7, 11) is 3.57. The Labute approximate surface area is 239 Å². The van der Waals surface area contributed by atoms with Crippen LogP contribution in [0.3, 0.4) is 0 Å². The highest BCUT2D eigenvalue weighted by atomic mass is 33.1. The van der Waals surface area contributed by atoms with Crippen molar-refractivity contribution in [3.63, 3.8) is 0 Å². The number of allylic oxidation sites excluding steroid dienone is 2. The van der Waals surface area contributed by atoms with Gasteiger partial charge >= 0.3 is 0 Å². The van der Waals surface area contributed by atoms with Crippen LogP contribution >= 0.6 is 44.3 Å². The molecular weight excluding hydrogens is 549 g/mol. The second-order valence-corrected chi connectivity index (χ2v) is 12.6. The predicted octanol–water partition coefficient (Wildman–Crippen LogP) is 7.52. The Morgan fingerprint density at radius 1 is 0.605 bits per heavy atom. The highest BCUT2D eigenvalue weighted by molar-refractivity contribution is 8.76. The summed E-state index contributed by atoms with van der Waals surface area (Å²) < 4.78 is 0. The fourth-order valence-electron chi connectivity index (χ4n) is 3.52. The maximum atomic E-state index is 12.6. The maximum Gasteiger partial charge on any atom is 0.197 e. The van der Waals surface area contributed by atoms with Crippen LogP contribution in [-0.2, 0) is 0 Å². The van der Waals surface area contributed by atoms with Crippen molar-refractivity contribution < 1.29 is 9.59 Å². The van der Waals surface area contributed by atoms with E-state index in [4.69, 9.17) is 0 Å². The lowest BCUT2D eigenvalue weighted by Gasteiger charge is -2.12. The minimum Gasteiger partial charge on any atom is -0.384 e. The Kier molecular flexibility index (Phi) is 11.3. The summed E-state index contributed by atoms with van der Waals surface area (Å²) in [6.45, 7) is 1.49. The topological polar surface area (TPSA) is 58.2 Å². The third-order valence-corrected chi connectivity index (χ3v) is 9.51. The van der Waals surface area contributed by atoms with Crippen molar-refractivity contribution in [3.8, 4) is 0 Å². The molecule has 2 N–H and O–H groups in total. The van der Waals surface area contributed by atoms with Crippen LogP contribution in [0.15, 0.2) is 108 Å². The normalized spacial score (nSPS) is 11.8. The zero-order chi connectivity index (χ0) is 26.4. The van der Waals surface area contributed by atoms with Crippen molar-refractivity contribution in [2.24, 2.45) is 0 Å². The van der Waals surface area contributed by atoms with Gasteiger partial charge in [-0.2, -0.15) is 0 Å². The van der Waals surface area contributed by atoms with Crippen LogP contribution in [0, 0.1) is 0 Å². The van der Waals surface area contributed by atoms with Crippen molar-refractivity contribution in [2.75, 3.05) is 24.6 Å². The molecule has 0 aliphatic heterocycles. The lowest BCUT2D eigenvalue weighted by molar-refractivity contribution is 0.104. The summed E-state index contributed by atoms with van der Waals surface area (Å²) in [5.41, 5.74) is 3.67. The molecule has 0 atom stereocenters. The van der Waals surface area contributed by atoms with E-state index in [2.05, 4.69) is 10.6 Å². The second kappa shape index (κ2) is 15.4. The number of thiophene rings is 2. The van der Waals surface area contributed by atoms with E-state index in [1.807, 2.05) is 95.7 Å². The fourth-order valence-corrected chi connectivity index (χ4v) is 6.61. The molecule has 0 saturated carbocycles. The van der Waals surface area contributed by atoms with Crippen LogP contribution in [0.5, 0.6) is 0 Å². The third-order valence-electron chi connectivity index (χ3n) is 5.33. The van der Waals surface area contributed by atoms with Gasteiger partial charge in [0.05, 0.1) is 9.75 Å². The van der Waals surface area contributed by atoms with Crippen molar-refractivity contribution in [1.82, 2.24) is 10.6 Å². The molecule has 4 rings (SSSR count). The molecule has 0 bridgehead atoms. The number of hydrogen-bond donors (Lipinski definition) is 2. The number of nitrogens with one attached hydrogen (secondary N) is 2. The van der Waals surface area contributed by atoms with Crippen LogP contribution in [0.4, 0.5) is 0 Å². The number of carbonyl (C=O) groups is 2. The first-order valence-electron chi connectivity index (χ1n) is 12.1. The maximum absolute atomic E-state index is 12.6. The highest BCUT2D eigenvalue weighted by Crippen LogP contribution is 2.22. The van der Waals surface area contributed by atoms with Gasteiger partial charge in [-0.3, -0.25) is 9.59 Å². The van der Waals surface area contributed by atoms with E-state index in [0.717, 1.165) is 56.9 Å². The summed E-state index contributed by atoms with van der Waals surface area (Å²) in [5, 5.41) is 10.7. The quantitative estimate of drug-likeness (QED) is 0.0661. The van der Waals surface area contributed by atoms with Gasteiger partial charge in [0.15, 0.2) is 11.6 Å². The lowest BCUT2D eigenvalue weighted by atomic mass is 10.1. The summed E-state index contributed by atoms with van der Waals surface area (Å²) in [6.07, 6.45) is 3.38. The molecular formula is C30H28N2O2S4. The Bertz CT molecular complexity index is 1230. The molecule has 0 unspecified atom stereocenters. The van der Waals surface area contributed by atoms with Crippen LogP contribution < -0.4 is 10.6 Å². The summed E-state index contributed by atoms with van der Waals surface area (Å²) >= 11 is 2.91. The van der Waals surface area contributed by atoms with Gasteiger partial charge in [-0.1, -0.05) is 94.4 Å². The molecule has 0 aliphatic carbocycles. The fraction of sp³-hybridized carbons (Fsp3) is 0.133. The number of hydrogen-bond acceptors (Lipinski definition) is 8. The molecule has 0 aliphatic rings. The van der Waals surface area contributed by atoms with Crippen molar-refractivity contribution in [3.05, 3.63) is 129 Å². The Morgan fingerprint density at radius 3 is 1.39 bits per heavy atom. The van der Waals surface area contributed by atoms with E-state index >= 15 is 0 Å². The minimum atomic E-state index is 0.0132. The summed E-state index contributed by atoms with van der Waals surface area (Å²) in [6, 6.07) is 27.4. The predicted molar refractivity (Wildman–Crippen MR) is 167 cm³/mol. The lowest BCUT2D eigenvalue weighted by Crippen LogP contribution is -2.17. The second-order valence-electron chi connectivity index (χ2n) is 8.03. The van der Waals surface area contributed by atoms with Gasteiger partial charge in [0, 0.05) is 48.1 Å². The minimum absolute atomic E-state index is 0.0132. The van der Waals surface area contributed by atoms with Crippen molar-refractivity contribution >= 4 is 67.2 Å². The van der Waals surface area contributed by atoms with Gasteiger partial charge in [-0.25, -0.2) is 0 Å². The van der Waals surface area contributed by atoms with E-state index < -0.39 is 0 Å². The average Bonchev–Trinajstić information content (AvgIpc) is 3.69. The van der Waals surface area contributed by atoms with E-state index in [-0.39, 0.29) is 11.6 Å². The van der Waals surface area contributed by atoms with E-state index in [1.54, 1.807) is 33.7 Å². The molecule has 2 heterocycles. The SMILES string of the molecule is O=C(C=C(NCCSSCCNC(=CC(=O)c1cccs1)c1ccccc1)c1ccccc1)c1cccs1. The molecule has 2 aromatic heterocycles. The molecule has 8 heteroatoms. The third kappa shape index (κ3) is 8.77. The Morgan fingerprint density at radius 2 is 1.03 bits per heavy atom. The molecule has 0 radical (unpaired) electrons. The molecule has 4 nitrogen and oxygen atoms in total. The Hall–Kier alpha value is -3.04. The molecule has 4 aromatic rings. The van der Waals surface area contributed by atoms with Crippen molar-refractivity contribution in [1.29, 1.82) is 0 Å². The van der Waals surface area contributed by atoms with E-state index in [1.165, 1.54) is 22.7 Å². The van der Waals surface area contributed by atoms with Crippen molar-refractivity contribution in [2.45, 2.75) is 0 Å². The zero-order valence-electron chi connectivity index (χ0n) is 20.7. The van der Waals surface area contributed by atoms with Gasteiger partial charge in [0.1, 0.15) is 0 Å². The van der Waals surface area contributed by atoms with Gasteiger partial charge in [-0.15, -0.1) is 22.7 Å². The Balaban J connectivity index is 1.23. The zero-order valence-corrected chi connectivity index (χ0v) is 23.9. The molecule has 2 aromatic carbocycles. The number of carbonyl (C=O) groups excluding carboxylic acids is 2. The first kappa shape index (κ1) is 28.0. The van der Waals surface area contributed by atoms with Gasteiger partial charge in [-0.05, 0) is 34.0 Å². The average molecular weight is 577 g/mol.